The van der Waals surface area contributed by atoms with Gasteiger partial charge in [-0.2, -0.15) is 4.98 Å². The number of hydrogen-bond donors (Lipinski definition) is 0. The van der Waals surface area contributed by atoms with Gasteiger partial charge in [-0.3, -0.25) is 14.8 Å². The molecule has 0 radical (unpaired) electrons. The van der Waals surface area contributed by atoms with Gasteiger partial charge in [-0.15, -0.1) is 0 Å². The number of pyridine rings is 2. The van der Waals surface area contributed by atoms with Crippen molar-refractivity contribution in [2.75, 3.05) is 13.1 Å². The van der Waals surface area contributed by atoms with Crippen LogP contribution in [0.25, 0.3) is 11.4 Å². The Morgan fingerprint density at radius 3 is 2.60 bits per heavy atom. The maximum atomic E-state index is 13.0. The topological polar surface area (TPSA) is 85.0 Å². The molecule has 2 fully saturated rings. The quantitative estimate of drug-likeness (QED) is 0.644. The Balaban J connectivity index is 1.40. The van der Waals surface area contributed by atoms with Crippen LogP contribution in [0.4, 0.5) is 0 Å². The Kier molecular flexibility index (Phi) is 5.26. The SMILES string of the molecule is O=C(CC1CCCC1)N1CC(c2cccnc2)C(c2nc(-c3ccncc3)no2)C1. The molecule has 1 amide bonds. The van der Waals surface area contributed by atoms with Gasteiger partial charge in [0.1, 0.15) is 0 Å². The maximum absolute atomic E-state index is 13.0. The third-order valence-corrected chi connectivity index (χ3v) is 6.42. The largest absolute Gasteiger partial charge is 0.341 e. The molecule has 7 nitrogen and oxygen atoms in total. The van der Waals surface area contributed by atoms with Crippen molar-refractivity contribution >= 4 is 5.91 Å². The first kappa shape index (κ1) is 18.9. The van der Waals surface area contributed by atoms with Gasteiger partial charge in [0.2, 0.25) is 17.6 Å². The summed E-state index contributed by atoms with van der Waals surface area (Å²) in [6, 6.07) is 7.72. The van der Waals surface area contributed by atoms with Crippen molar-refractivity contribution in [3.63, 3.8) is 0 Å². The van der Waals surface area contributed by atoms with Crippen LogP contribution in [0.3, 0.4) is 0 Å². The van der Waals surface area contributed by atoms with E-state index in [2.05, 4.69) is 26.2 Å². The van der Waals surface area contributed by atoms with Gasteiger partial charge in [-0.1, -0.05) is 24.1 Å². The molecule has 2 unspecified atom stereocenters. The second-order valence-corrected chi connectivity index (χ2v) is 8.34. The summed E-state index contributed by atoms with van der Waals surface area (Å²) in [7, 11) is 0. The lowest BCUT2D eigenvalue weighted by Gasteiger charge is -2.18. The van der Waals surface area contributed by atoms with Gasteiger partial charge in [0.05, 0.1) is 5.92 Å². The van der Waals surface area contributed by atoms with Crippen molar-refractivity contribution in [3.8, 4) is 11.4 Å². The Labute approximate surface area is 175 Å². The maximum Gasteiger partial charge on any atom is 0.232 e. The Bertz CT molecular complexity index is 985. The van der Waals surface area contributed by atoms with E-state index in [0.717, 1.165) is 11.1 Å². The van der Waals surface area contributed by atoms with Crippen LogP contribution in [0.2, 0.25) is 0 Å². The van der Waals surface area contributed by atoms with Crippen LogP contribution in [0, 0.1) is 5.92 Å². The highest BCUT2D eigenvalue weighted by Crippen LogP contribution is 2.40. The smallest absolute Gasteiger partial charge is 0.232 e. The van der Waals surface area contributed by atoms with Gasteiger partial charge < -0.3 is 9.42 Å². The highest BCUT2D eigenvalue weighted by Gasteiger charge is 2.40. The molecule has 1 saturated heterocycles. The lowest BCUT2D eigenvalue weighted by Crippen LogP contribution is -2.30. The highest BCUT2D eigenvalue weighted by atomic mass is 16.5. The summed E-state index contributed by atoms with van der Waals surface area (Å²) >= 11 is 0. The monoisotopic (exact) mass is 403 g/mol. The molecule has 2 atom stereocenters. The summed E-state index contributed by atoms with van der Waals surface area (Å²) in [4.78, 5) is 28.0. The Hall–Kier alpha value is -3.09. The molecule has 1 aliphatic carbocycles. The van der Waals surface area contributed by atoms with Crippen LogP contribution in [0.5, 0.6) is 0 Å². The standard InChI is InChI=1S/C23H25N5O2/c29-21(12-16-4-1-2-5-16)28-14-19(18-6-3-9-25-13-18)20(15-28)23-26-22(27-30-23)17-7-10-24-11-8-17/h3,6-11,13,16,19-20H,1-2,4-5,12,14-15H2. The zero-order valence-corrected chi connectivity index (χ0v) is 16.9. The molecule has 0 bridgehead atoms. The van der Waals surface area contributed by atoms with E-state index in [1.807, 2.05) is 29.3 Å². The van der Waals surface area contributed by atoms with Crippen LogP contribution in [-0.4, -0.2) is 44.0 Å². The fraction of sp³-hybridized carbons (Fsp3) is 0.435. The predicted molar refractivity (Wildman–Crippen MR) is 110 cm³/mol. The second-order valence-electron chi connectivity index (χ2n) is 8.34. The van der Waals surface area contributed by atoms with E-state index in [-0.39, 0.29) is 17.7 Å². The number of aromatic nitrogens is 4. The molecule has 154 valence electrons. The van der Waals surface area contributed by atoms with E-state index in [4.69, 9.17) is 4.52 Å². The lowest BCUT2D eigenvalue weighted by atomic mass is 9.90. The molecule has 4 heterocycles. The minimum Gasteiger partial charge on any atom is -0.341 e. The van der Waals surface area contributed by atoms with E-state index in [0.29, 0.717) is 37.1 Å². The van der Waals surface area contributed by atoms with Crippen LogP contribution >= 0.6 is 0 Å². The molecule has 0 aromatic carbocycles. The zero-order chi connectivity index (χ0) is 20.3. The average molecular weight is 403 g/mol. The van der Waals surface area contributed by atoms with Crippen molar-refractivity contribution < 1.29 is 9.32 Å². The van der Waals surface area contributed by atoms with Crippen molar-refractivity contribution in [3.05, 3.63) is 60.5 Å². The number of nitrogens with zero attached hydrogens (tertiary/aromatic N) is 5. The summed E-state index contributed by atoms with van der Waals surface area (Å²) in [6.45, 7) is 1.26. The van der Waals surface area contributed by atoms with E-state index >= 15 is 0 Å². The van der Waals surface area contributed by atoms with E-state index in [1.165, 1.54) is 25.7 Å². The molecule has 1 saturated carbocycles. The van der Waals surface area contributed by atoms with E-state index in [1.54, 1.807) is 18.6 Å². The molecule has 0 spiro atoms. The number of rotatable bonds is 5. The van der Waals surface area contributed by atoms with Crippen molar-refractivity contribution in [1.82, 2.24) is 25.0 Å². The van der Waals surface area contributed by atoms with Gasteiger partial charge >= 0.3 is 0 Å². The van der Waals surface area contributed by atoms with E-state index in [9.17, 15) is 4.79 Å². The van der Waals surface area contributed by atoms with Crippen LogP contribution in [0.1, 0.15) is 55.4 Å². The minimum absolute atomic E-state index is 0.0372. The zero-order valence-electron chi connectivity index (χ0n) is 16.9. The van der Waals surface area contributed by atoms with Crippen LogP contribution in [-0.2, 0) is 4.79 Å². The number of carbonyl (C=O) groups is 1. The third-order valence-electron chi connectivity index (χ3n) is 6.42. The fourth-order valence-electron chi connectivity index (χ4n) is 4.79. The van der Waals surface area contributed by atoms with Gasteiger partial charge in [-0.05, 0) is 42.5 Å². The minimum atomic E-state index is -0.0372. The number of amides is 1. The average Bonchev–Trinajstić information content (AvgIpc) is 3.55. The number of likely N-dealkylation sites (tertiary alicyclic amines) is 1. The molecule has 2 aliphatic rings. The molecule has 5 rings (SSSR count). The molecular weight excluding hydrogens is 378 g/mol. The van der Waals surface area contributed by atoms with Crippen LogP contribution < -0.4 is 0 Å². The van der Waals surface area contributed by atoms with Crippen molar-refractivity contribution in [2.45, 2.75) is 43.9 Å². The predicted octanol–water partition coefficient (Wildman–Crippen LogP) is 3.82. The Morgan fingerprint density at radius 1 is 1.03 bits per heavy atom. The number of carbonyl (C=O) groups excluding carboxylic acids is 1. The lowest BCUT2D eigenvalue weighted by molar-refractivity contribution is -0.131. The van der Waals surface area contributed by atoms with Crippen molar-refractivity contribution in [1.29, 1.82) is 0 Å². The molecule has 0 N–H and O–H groups in total. The van der Waals surface area contributed by atoms with Gasteiger partial charge in [0.25, 0.3) is 0 Å². The van der Waals surface area contributed by atoms with Gasteiger partial charge in [0.15, 0.2) is 0 Å². The summed E-state index contributed by atoms with van der Waals surface area (Å²) in [5.41, 5.74) is 1.97. The molecule has 3 aromatic rings. The number of hydrogen-bond acceptors (Lipinski definition) is 6. The molecule has 1 aliphatic heterocycles. The first-order valence-electron chi connectivity index (χ1n) is 10.7. The summed E-state index contributed by atoms with van der Waals surface area (Å²) in [6.07, 6.45) is 12.6. The van der Waals surface area contributed by atoms with Gasteiger partial charge in [-0.25, -0.2) is 0 Å². The summed E-state index contributed by atoms with van der Waals surface area (Å²) in [5.74, 6) is 1.96. The summed E-state index contributed by atoms with van der Waals surface area (Å²) < 4.78 is 5.68. The summed E-state index contributed by atoms with van der Waals surface area (Å²) in [5, 5.41) is 4.18. The van der Waals surface area contributed by atoms with Crippen LogP contribution in [0.15, 0.2) is 53.6 Å². The van der Waals surface area contributed by atoms with E-state index < -0.39 is 0 Å². The van der Waals surface area contributed by atoms with Gasteiger partial charge in [0, 0.05) is 55.8 Å². The first-order chi connectivity index (χ1) is 14.8. The normalized spacial score (nSPS) is 21.9. The third kappa shape index (κ3) is 3.84. The fourth-order valence-corrected chi connectivity index (χ4v) is 4.79. The molecule has 3 aromatic heterocycles. The first-order valence-corrected chi connectivity index (χ1v) is 10.7. The second kappa shape index (κ2) is 8.34. The molecular formula is C23H25N5O2. The highest BCUT2D eigenvalue weighted by molar-refractivity contribution is 5.77. The van der Waals surface area contributed by atoms with Crippen molar-refractivity contribution in [2.24, 2.45) is 5.92 Å². The molecule has 30 heavy (non-hydrogen) atoms. The Morgan fingerprint density at radius 2 is 1.83 bits per heavy atom. The molecule has 7 heteroatoms.